The summed E-state index contributed by atoms with van der Waals surface area (Å²) in [5, 5.41) is 19.2. The van der Waals surface area contributed by atoms with Gasteiger partial charge in [0.25, 0.3) is 5.69 Å². The van der Waals surface area contributed by atoms with Gasteiger partial charge in [-0.15, -0.1) is 0 Å². The molecule has 0 bridgehead atoms. The molecule has 6 nitrogen and oxygen atoms in total. The van der Waals surface area contributed by atoms with Gasteiger partial charge in [-0.2, -0.15) is 5.26 Å². The van der Waals surface area contributed by atoms with Crippen LogP contribution >= 0.6 is 0 Å². The molecular weight excluding hydrogens is 231 g/mol. The normalized spacial score (nSPS) is 9.71. The first-order valence-corrected chi connectivity index (χ1v) is 4.60. The Hall–Kier alpha value is -2.20. The van der Waals surface area contributed by atoms with Gasteiger partial charge in [-0.25, -0.2) is 4.39 Å². The SMILES string of the molecule is COCCOc1ccc([N+](=O)[O-])c(C#N)c1F. The molecule has 0 aromatic heterocycles. The average Bonchev–Trinajstić information content (AvgIpc) is 2.30. The van der Waals surface area contributed by atoms with Crippen molar-refractivity contribution in [1.82, 2.24) is 0 Å². The maximum atomic E-state index is 13.6. The van der Waals surface area contributed by atoms with Crippen LogP contribution in [0.2, 0.25) is 0 Å². The molecule has 7 heteroatoms. The van der Waals surface area contributed by atoms with E-state index in [1.807, 2.05) is 0 Å². The summed E-state index contributed by atoms with van der Waals surface area (Å²) in [5.41, 5.74) is -1.21. The number of hydrogen-bond donors (Lipinski definition) is 0. The van der Waals surface area contributed by atoms with Crippen LogP contribution in [0.1, 0.15) is 5.56 Å². The van der Waals surface area contributed by atoms with Crippen LogP contribution in [-0.2, 0) is 4.74 Å². The lowest BCUT2D eigenvalue weighted by atomic mass is 10.1. The number of nitriles is 1. The summed E-state index contributed by atoms with van der Waals surface area (Å²) in [6, 6.07) is 3.59. The second-order valence-electron chi connectivity index (χ2n) is 2.98. The first-order valence-electron chi connectivity index (χ1n) is 4.60. The van der Waals surface area contributed by atoms with Gasteiger partial charge in [-0.3, -0.25) is 10.1 Å². The minimum Gasteiger partial charge on any atom is -0.488 e. The summed E-state index contributed by atoms with van der Waals surface area (Å²) in [4.78, 5) is 9.71. The van der Waals surface area contributed by atoms with Gasteiger partial charge in [0.2, 0.25) is 0 Å². The van der Waals surface area contributed by atoms with Crippen LogP contribution in [0.5, 0.6) is 5.75 Å². The molecule has 0 radical (unpaired) electrons. The highest BCUT2D eigenvalue weighted by Crippen LogP contribution is 2.28. The van der Waals surface area contributed by atoms with Gasteiger partial charge in [0, 0.05) is 13.2 Å². The van der Waals surface area contributed by atoms with Crippen LogP contribution in [-0.4, -0.2) is 25.2 Å². The predicted molar refractivity (Wildman–Crippen MR) is 55.1 cm³/mol. The summed E-state index contributed by atoms with van der Waals surface area (Å²) < 4.78 is 23.3. The fourth-order valence-corrected chi connectivity index (χ4v) is 1.15. The number of nitrogens with zero attached hydrogens (tertiary/aromatic N) is 2. The summed E-state index contributed by atoms with van der Waals surface area (Å²) >= 11 is 0. The van der Waals surface area contributed by atoms with E-state index < -0.39 is 22.0 Å². The average molecular weight is 240 g/mol. The molecule has 0 spiro atoms. The molecule has 1 rings (SSSR count). The molecule has 90 valence electrons. The van der Waals surface area contributed by atoms with Gasteiger partial charge in [0.1, 0.15) is 12.7 Å². The Bertz CT molecular complexity index is 470. The van der Waals surface area contributed by atoms with Crippen molar-refractivity contribution < 1.29 is 18.8 Å². The van der Waals surface area contributed by atoms with E-state index in [-0.39, 0.29) is 19.0 Å². The lowest BCUT2D eigenvalue weighted by molar-refractivity contribution is -0.385. The number of nitro groups is 1. The van der Waals surface area contributed by atoms with E-state index in [9.17, 15) is 14.5 Å². The van der Waals surface area contributed by atoms with Crippen molar-refractivity contribution in [3.05, 3.63) is 33.6 Å². The minimum absolute atomic E-state index is 0.0934. The van der Waals surface area contributed by atoms with Crippen molar-refractivity contribution in [1.29, 1.82) is 5.26 Å². The van der Waals surface area contributed by atoms with Crippen molar-refractivity contribution in [3.8, 4) is 11.8 Å². The Labute approximate surface area is 96.3 Å². The van der Waals surface area contributed by atoms with Gasteiger partial charge in [-0.05, 0) is 6.07 Å². The Morgan fingerprint density at radius 2 is 2.24 bits per heavy atom. The minimum atomic E-state index is -1.03. The van der Waals surface area contributed by atoms with Gasteiger partial charge in [0.15, 0.2) is 17.1 Å². The first-order chi connectivity index (χ1) is 8.11. The highest BCUT2D eigenvalue weighted by Gasteiger charge is 2.21. The number of nitro benzene ring substituents is 1. The van der Waals surface area contributed by atoms with E-state index in [0.29, 0.717) is 0 Å². The Morgan fingerprint density at radius 3 is 2.76 bits per heavy atom. The summed E-state index contributed by atoms with van der Waals surface area (Å²) in [5.74, 6) is -1.23. The Kier molecular flexibility index (Phi) is 4.37. The summed E-state index contributed by atoms with van der Waals surface area (Å²) in [6.45, 7) is 0.342. The predicted octanol–water partition coefficient (Wildman–Crippen LogP) is 1.63. The van der Waals surface area contributed by atoms with Crippen LogP contribution in [0.4, 0.5) is 10.1 Å². The fraction of sp³-hybridized carbons (Fsp3) is 0.300. The van der Waals surface area contributed by atoms with Gasteiger partial charge in [-0.1, -0.05) is 0 Å². The smallest absolute Gasteiger partial charge is 0.290 e. The summed E-state index contributed by atoms with van der Waals surface area (Å²) in [7, 11) is 1.45. The molecule has 0 heterocycles. The molecule has 17 heavy (non-hydrogen) atoms. The topological polar surface area (TPSA) is 85.4 Å². The highest BCUT2D eigenvalue weighted by molar-refractivity contribution is 5.53. The second-order valence-corrected chi connectivity index (χ2v) is 2.98. The molecule has 0 aliphatic rings. The quantitative estimate of drug-likeness (QED) is 0.443. The molecule has 0 N–H and O–H groups in total. The number of benzene rings is 1. The van der Waals surface area contributed by atoms with E-state index in [1.54, 1.807) is 0 Å². The van der Waals surface area contributed by atoms with Crippen LogP contribution in [0.15, 0.2) is 12.1 Å². The number of halogens is 1. The maximum Gasteiger partial charge on any atom is 0.290 e. The van der Waals surface area contributed by atoms with Gasteiger partial charge in [0.05, 0.1) is 11.5 Å². The summed E-state index contributed by atoms with van der Waals surface area (Å²) in [6.07, 6.45) is 0. The van der Waals surface area contributed by atoms with E-state index in [2.05, 4.69) is 0 Å². The zero-order chi connectivity index (χ0) is 12.8. The maximum absolute atomic E-state index is 13.6. The lowest BCUT2D eigenvalue weighted by Gasteiger charge is -2.07. The van der Waals surface area contributed by atoms with E-state index >= 15 is 0 Å². The molecule has 0 aliphatic carbocycles. The molecule has 0 saturated carbocycles. The zero-order valence-electron chi connectivity index (χ0n) is 8.97. The van der Waals surface area contributed by atoms with Crippen LogP contribution < -0.4 is 4.74 Å². The Balaban J connectivity index is 3.04. The molecule has 0 fully saturated rings. The van der Waals surface area contributed by atoms with Gasteiger partial charge < -0.3 is 9.47 Å². The third kappa shape index (κ3) is 2.89. The molecule has 0 aliphatic heterocycles. The van der Waals surface area contributed by atoms with Crippen LogP contribution in [0.3, 0.4) is 0 Å². The van der Waals surface area contributed by atoms with Crippen molar-refractivity contribution in [2.75, 3.05) is 20.3 Å². The van der Waals surface area contributed by atoms with Crippen molar-refractivity contribution in [2.24, 2.45) is 0 Å². The van der Waals surface area contributed by atoms with Crippen molar-refractivity contribution in [3.63, 3.8) is 0 Å². The third-order valence-corrected chi connectivity index (χ3v) is 1.94. The van der Waals surface area contributed by atoms with Crippen LogP contribution in [0, 0.1) is 27.3 Å². The standard InChI is InChI=1S/C10H9FN2O4/c1-16-4-5-17-9-3-2-8(13(14)15)7(6-12)10(9)11/h2-3H,4-5H2,1H3. The second kappa shape index (κ2) is 5.77. The highest BCUT2D eigenvalue weighted by atomic mass is 19.1. The zero-order valence-corrected chi connectivity index (χ0v) is 8.97. The number of ether oxygens (including phenoxy) is 2. The molecule has 1 aromatic carbocycles. The number of methoxy groups -OCH3 is 1. The van der Waals surface area contributed by atoms with Crippen molar-refractivity contribution >= 4 is 5.69 Å². The molecule has 0 saturated heterocycles. The van der Waals surface area contributed by atoms with Gasteiger partial charge >= 0.3 is 0 Å². The molecular formula is C10H9FN2O4. The largest absolute Gasteiger partial charge is 0.488 e. The van der Waals surface area contributed by atoms with Crippen molar-refractivity contribution in [2.45, 2.75) is 0 Å². The Morgan fingerprint density at radius 1 is 1.53 bits per heavy atom. The number of hydrogen-bond acceptors (Lipinski definition) is 5. The molecule has 1 aromatic rings. The molecule has 0 amide bonds. The monoisotopic (exact) mass is 240 g/mol. The number of rotatable bonds is 5. The fourth-order valence-electron chi connectivity index (χ4n) is 1.15. The molecule has 0 unspecified atom stereocenters. The lowest BCUT2D eigenvalue weighted by Crippen LogP contribution is -2.06. The van der Waals surface area contributed by atoms with E-state index in [4.69, 9.17) is 14.7 Å². The third-order valence-electron chi connectivity index (χ3n) is 1.94. The van der Waals surface area contributed by atoms with Crippen LogP contribution in [0.25, 0.3) is 0 Å². The first kappa shape index (κ1) is 12.9. The van der Waals surface area contributed by atoms with E-state index in [1.165, 1.54) is 13.2 Å². The van der Waals surface area contributed by atoms with E-state index in [0.717, 1.165) is 12.1 Å². The molecule has 0 atom stereocenters.